The fourth-order valence-corrected chi connectivity index (χ4v) is 3.11. The van der Waals surface area contributed by atoms with Gasteiger partial charge in [0.2, 0.25) is 0 Å². The Morgan fingerprint density at radius 2 is 2.00 bits per heavy atom. The molecule has 2 rings (SSSR count). The van der Waals surface area contributed by atoms with Crippen molar-refractivity contribution in [2.45, 2.75) is 18.7 Å². The number of nitrogens with one attached hydrogen (secondary N) is 1. The van der Waals surface area contributed by atoms with Crippen LogP contribution in [0.1, 0.15) is 18.1 Å². The molecule has 0 amide bonds. The van der Waals surface area contributed by atoms with Gasteiger partial charge in [-0.1, -0.05) is 18.2 Å². The van der Waals surface area contributed by atoms with E-state index in [0.29, 0.717) is 12.4 Å². The first kappa shape index (κ1) is 17.8. The third-order valence-corrected chi connectivity index (χ3v) is 4.41. The molecule has 0 heterocycles. The molecule has 0 radical (unpaired) electrons. The van der Waals surface area contributed by atoms with Crippen molar-refractivity contribution < 1.29 is 17.9 Å². The minimum absolute atomic E-state index is 0.0465. The first-order chi connectivity index (χ1) is 11.5. The number of methoxy groups -OCH3 is 1. The van der Waals surface area contributed by atoms with E-state index in [-0.39, 0.29) is 10.6 Å². The smallest absolute Gasteiger partial charge is 0.280 e. The Morgan fingerprint density at radius 1 is 1.21 bits per heavy atom. The van der Waals surface area contributed by atoms with E-state index in [2.05, 4.69) is 9.93 Å². The Labute approximate surface area is 142 Å². The van der Waals surface area contributed by atoms with E-state index in [1.54, 1.807) is 31.2 Å². The van der Waals surface area contributed by atoms with Crippen molar-refractivity contribution in [2.75, 3.05) is 13.7 Å². The van der Waals surface area contributed by atoms with Crippen LogP contribution in [-0.2, 0) is 10.0 Å². The summed E-state index contributed by atoms with van der Waals surface area (Å²) >= 11 is 0. The van der Waals surface area contributed by atoms with Crippen LogP contribution in [0.3, 0.4) is 0 Å². The number of rotatable bonds is 7. The molecule has 0 unspecified atom stereocenters. The second-order valence-electron chi connectivity index (χ2n) is 5.01. The Morgan fingerprint density at radius 3 is 2.71 bits per heavy atom. The number of hydrogen-bond acceptors (Lipinski definition) is 5. The lowest BCUT2D eigenvalue weighted by molar-refractivity contribution is 0.340. The highest BCUT2D eigenvalue weighted by Gasteiger charge is 2.18. The van der Waals surface area contributed by atoms with E-state index in [1.165, 1.54) is 19.4 Å². The fraction of sp³-hybridized carbons (Fsp3) is 0.235. The van der Waals surface area contributed by atoms with Gasteiger partial charge in [0.25, 0.3) is 10.0 Å². The largest absolute Gasteiger partial charge is 0.495 e. The van der Waals surface area contributed by atoms with Gasteiger partial charge in [0, 0.05) is 0 Å². The van der Waals surface area contributed by atoms with Crippen molar-refractivity contribution >= 4 is 16.2 Å². The van der Waals surface area contributed by atoms with E-state index < -0.39 is 10.0 Å². The van der Waals surface area contributed by atoms with Gasteiger partial charge in [0.1, 0.15) is 16.4 Å². The van der Waals surface area contributed by atoms with Gasteiger partial charge in [-0.15, -0.1) is 0 Å². The van der Waals surface area contributed by atoms with Crippen molar-refractivity contribution in [3.8, 4) is 11.5 Å². The molecule has 0 spiro atoms. The summed E-state index contributed by atoms with van der Waals surface area (Å²) < 4.78 is 35.3. The molecular weight excluding hydrogens is 328 g/mol. The minimum Gasteiger partial charge on any atom is -0.495 e. The van der Waals surface area contributed by atoms with Crippen LogP contribution in [0.2, 0.25) is 0 Å². The highest BCUT2D eigenvalue weighted by molar-refractivity contribution is 7.89. The summed E-state index contributed by atoms with van der Waals surface area (Å²) in [5.41, 5.74) is 1.53. The number of ether oxygens (including phenoxy) is 2. The summed E-state index contributed by atoms with van der Waals surface area (Å²) in [6, 6.07) is 12.1. The van der Waals surface area contributed by atoms with Gasteiger partial charge in [-0.25, -0.2) is 0 Å². The Kier molecular flexibility index (Phi) is 5.81. The molecule has 0 saturated heterocycles. The van der Waals surface area contributed by atoms with Crippen molar-refractivity contribution in [2.24, 2.45) is 5.10 Å². The molecule has 0 atom stereocenters. The Bertz CT molecular complexity index is 832. The number of nitrogens with zero attached hydrogens (tertiary/aromatic N) is 1. The van der Waals surface area contributed by atoms with Crippen LogP contribution >= 0.6 is 0 Å². The summed E-state index contributed by atoms with van der Waals surface area (Å²) in [6.45, 7) is 4.26. The summed E-state index contributed by atoms with van der Waals surface area (Å²) in [7, 11) is -2.40. The predicted molar refractivity (Wildman–Crippen MR) is 93.3 cm³/mol. The molecule has 7 heteroatoms. The van der Waals surface area contributed by atoms with E-state index in [4.69, 9.17) is 9.47 Å². The quantitative estimate of drug-likeness (QED) is 0.616. The maximum Gasteiger partial charge on any atom is 0.280 e. The van der Waals surface area contributed by atoms with Crippen molar-refractivity contribution in [3.05, 3.63) is 53.6 Å². The summed E-state index contributed by atoms with van der Waals surface area (Å²) in [4.78, 5) is 2.24. The predicted octanol–water partition coefficient (Wildman–Crippen LogP) is 2.71. The molecule has 0 saturated carbocycles. The molecule has 1 N–H and O–H groups in total. The maximum atomic E-state index is 12.4. The first-order valence-electron chi connectivity index (χ1n) is 7.38. The molecule has 0 aliphatic heterocycles. The lowest BCUT2D eigenvalue weighted by Crippen LogP contribution is -2.19. The van der Waals surface area contributed by atoms with Gasteiger partial charge in [0.15, 0.2) is 0 Å². The topological polar surface area (TPSA) is 77.0 Å². The van der Waals surface area contributed by atoms with Gasteiger partial charge in [-0.2, -0.15) is 18.4 Å². The maximum absolute atomic E-state index is 12.4. The number of sulfonamides is 1. The number of hydrazone groups is 1. The Balaban J connectivity index is 2.18. The van der Waals surface area contributed by atoms with Gasteiger partial charge < -0.3 is 9.47 Å². The molecule has 0 bridgehead atoms. The monoisotopic (exact) mass is 348 g/mol. The van der Waals surface area contributed by atoms with Crippen LogP contribution in [0.5, 0.6) is 11.5 Å². The molecule has 24 heavy (non-hydrogen) atoms. The van der Waals surface area contributed by atoms with Crippen LogP contribution in [0.25, 0.3) is 0 Å². The van der Waals surface area contributed by atoms with Crippen molar-refractivity contribution in [1.29, 1.82) is 0 Å². The first-order valence-corrected chi connectivity index (χ1v) is 8.87. The molecule has 6 nitrogen and oxygen atoms in total. The summed E-state index contributed by atoms with van der Waals surface area (Å²) in [6.07, 6.45) is 1.42. The molecule has 0 aromatic heterocycles. The third kappa shape index (κ3) is 4.48. The van der Waals surface area contributed by atoms with E-state index >= 15 is 0 Å². The zero-order valence-corrected chi connectivity index (χ0v) is 14.6. The Hall–Kier alpha value is -2.54. The summed E-state index contributed by atoms with van der Waals surface area (Å²) in [5, 5.41) is 3.82. The van der Waals surface area contributed by atoms with Gasteiger partial charge in [0.05, 0.1) is 19.9 Å². The molecule has 0 aliphatic carbocycles. The second kappa shape index (κ2) is 7.83. The van der Waals surface area contributed by atoms with E-state index in [9.17, 15) is 8.42 Å². The lowest BCUT2D eigenvalue weighted by atomic mass is 10.2. The van der Waals surface area contributed by atoms with Crippen LogP contribution in [-0.4, -0.2) is 28.3 Å². The van der Waals surface area contributed by atoms with Gasteiger partial charge in [-0.3, -0.25) is 0 Å². The molecule has 0 fully saturated rings. The lowest BCUT2D eigenvalue weighted by Gasteiger charge is -2.09. The van der Waals surface area contributed by atoms with E-state index in [1.807, 2.05) is 19.1 Å². The number of hydrogen-bond donors (Lipinski definition) is 1. The average Bonchev–Trinajstić information content (AvgIpc) is 2.55. The highest BCUT2D eigenvalue weighted by Crippen LogP contribution is 2.24. The second-order valence-corrected chi connectivity index (χ2v) is 6.64. The van der Waals surface area contributed by atoms with Crippen molar-refractivity contribution in [3.63, 3.8) is 0 Å². The minimum atomic E-state index is -3.82. The van der Waals surface area contributed by atoms with Crippen molar-refractivity contribution in [1.82, 2.24) is 4.83 Å². The zero-order chi connectivity index (χ0) is 17.6. The van der Waals surface area contributed by atoms with Crippen LogP contribution in [0.15, 0.2) is 52.5 Å². The van der Waals surface area contributed by atoms with Gasteiger partial charge in [-0.05, 0) is 49.2 Å². The van der Waals surface area contributed by atoms with E-state index in [0.717, 1.165) is 11.1 Å². The molecule has 2 aromatic carbocycles. The highest BCUT2D eigenvalue weighted by atomic mass is 32.2. The number of aryl methyl sites for hydroxylation is 1. The van der Waals surface area contributed by atoms with Gasteiger partial charge >= 0.3 is 0 Å². The third-order valence-electron chi connectivity index (χ3n) is 3.16. The standard InChI is InChI=1S/C17H20N2O4S/c1-4-23-15-7-5-6-14(11-15)12-18-19-24(20,21)17-10-13(2)8-9-16(17)22-3/h5-12,19H,4H2,1-3H3/b18-12+. The molecular formula is C17H20N2O4S. The molecule has 0 aliphatic rings. The van der Waals surface area contributed by atoms with Crippen LogP contribution in [0, 0.1) is 6.92 Å². The average molecular weight is 348 g/mol. The SMILES string of the molecule is CCOc1cccc(/C=N/NS(=O)(=O)c2cc(C)ccc2OC)c1. The normalized spacial score (nSPS) is 11.5. The fourth-order valence-electron chi connectivity index (χ4n) is 2.06. The van der Waals surface area contributed by atoms with Crippen LogP contribution in [0.4, 0.5) is 0 Å². The zero-order valence-electron chi connectivity index (χ0n) is 13.8. The summed E-state index contributed by atoms with van der Waals surface area (Å²) in [5.74, 6) is 0.964. The molecule has 2 aromatic rings. The van der Waals surface area contributed by atoms with Crippen LogP contribution < -0.4 is 14.3 Å². The number of benzene rings is 2. The molecule has 128 valence electrons.